The predicted molar refractivity (Wildman–Crippen MR) is 188 cm³/mol. The van der Waals surface area contributed by atoms with Gasteiger partial charge in [0, 0.05) is 0 Å². The fourth-order valence-electron chi connectivity index (χ4n) is 12.3. The maximum absolute atomic E-state index is 2.93. The van der Waals surface area contributed by atoms with Crippen molar-refractivity contribution in [2.45, 2.75) is 153 Å². The van der Waals surface area contributed by atoms with Crippen molar-refractivity contribution in [3.8, 4) is 0 Å². The van der Waals surface area contributed by atoms with Crippen LogP contribution >= 0.6 is 15.8 Å². The standard InChI is InChI=1S/C38H62P2Si/c1-37(2,3)39(38(4,5)6)23-28-10-11-33(41(7,8)9)22-34(28)40(35-29-14-24-12-25(16-29)17-30(35)15-24)36-31-18-26-13-27(20-31)21-32(36)19-26/h10-11,22,24-27,29-32,35-36H,12-21,23H2,1-9H3. The first kappa shape index (κ1) is 30.0. The first-order chi connectivity index (χ1) is 19.1. The van der Waals surface area contributed by atoms with Crippen LogP contribution in [0.1, 0.15) is 111 Å². The van der Waals surface area contributed by atoms with E-state index in [0.29, 0.717) is 10.3 Å². The zero-order valence-electron chi connectivity index (χ0n) is 28.2. The second-order valence-corrected chi connectivity index (χ2v) is 30.7. The maximum atomic E-state index is 2.93. The molecule has 8 bridgehead atoms. The summed E-state index contributed by atoms with van der Waals surface area (Å²) in [6.07, 6.45) is 17.3. The monoisotopic (exact) mass is 608 g/mol. The number of hydrogen-bond donors (Lipinski definition) is 0. The van der Waals surface area contributed by atoms with Gasteiger partial charge in [0.05, 0.1) is 8.07 Å². The molecule has 8 saturated carbocycles. The molecule has 1 aromatic rings. The third-order valence-corrected chi connectivity index (χ3v) is 23.1. The summed E-state index contributed by atoms with van der Waals surface area (Å²) in [6.45, 7) is 23.1. The van der Waals surface area contributed by atoms with Crippen LogP contribution in [0, 0.1) is 47.3 Å². The van der Waals surface area contributed by atoms with Crippen molar-refractivity contribution >= 4 is 34.4 Å². The molecule has 8 aliphatic rings. The summed E-state index contributed by atoms with van der Waals surface area (Å²) in [5, 5.41) is 4.51. The molecule has 0 heterocycles. The average Bonchev–Trinajstić information content (AvgIpc) is 2.83. The van der Waals surface area contributed by atoms with Crippen LogP contribution < -0.4 is 10.5 Å². The summed E-state index contributed by atoms with van der Waals surface area (Å²) in [5.41, 5.74) is 3.93. The largest absolute Gasteiger partial charge is 0.0911 e. The molecule has 0 saturated heterocycles. The minimum atomic E-state index is -1.39. The van der Waals surface area contributed by atoms with Crippen molar-refractivity contribution in [2.75, 3.05) is 0 Å². The summed E-state index contributed by atoms with van der Waals surface area (Å²) < 4.78 is 0. The molecular weight excluding hydrogens is 546 g/mol. The van der Waals surface area contributed by atoms with Crippen molar-refractivity contribution in [2.24, 2.45) is 47.3 Å². The average molecular weight is 609 g/mol. The van der Waals surface area contributed by atoms with Gasteiger partial charge in [-0.25, -0.2) is 0 Å². The van der Waals surface area contributed by atoms with Crippen LogP contribution in [0.25, 0.3) is 0 Å². The molecule has 228 valence electrons. The lowest BCUT2D eigenvalue weighted by Crippen LogP contribution is -2.54. The van der Waals surface area contributed by atoms with Gasteiger partial charge in [0.25, 0.3) is 0 Å². The fourth-order valence-corrected chi connectivity index (χ4v) is 21.9. The second-order valence-electron chi connectivity index (χ2n) is 19.3. The predicted octanol–water partition coefficient (Wildman–Crippen LogP) is 10.6. The molecule has 0 aliphatic heterocycles. The van der Waals surface area contributed by atoms with Gasteiger partial charge in [0.15, 0.2) is 0 Å². The highest BCUT2D eigenvalue weighted by molar-refractivity contribution is 7.67. The Balaban J connectivity index is 1.37. The SMILES string of the molecule is CC(C)(C)P(Cc1ccc([Si](C)(C)C)cc1P(C1C2CC3CC(C2)CC1C3)C1C2CC3CC(C2)CC1C3)C(C)(C)C. The minimum Gasteiger partial charge on any atom is -0.0911 e. The van der Waals surface area contributed by atoms with Gasteiger partial charge in [0.2, 0.25) is 0 Å². The Morgan fingerprint density at radius 3 is 1.34 bits per heavy atom. The van der Waals surface area contributed by atoms with Crippen LogP contribution in [0.4, 0.5) is 0 Å². The van der Waals surface area contributed by atoms with E-state index in [9.17, 15) is 0 Å². The molecule has 0 radical (unpaired) electrons. The van der Waals surface area contributed by atoms with E-state index < -0.39 is 8.07 Å². The molecule has 0 spiro atoms. The number of benzene rings is 1. The van der Waals surface area contributed by atoms with Crippen LogP contribution in [0.5, 0.6) is 0 Å². The third-order valence-electron chi connectivity index (χ3n) is 13.2. The van der Waals surface area contributed by atoms with Gasteiger partial charge in [-0.3, -0.25) is 0 Å². The van der Waals surface area contributed by atoms with Crippen molar-refractivity contribution < 1.29 is 0 Å². The second kappa shape index (κ2) is 10.4. The van der Waals surface area contributed by atoms with Crippen LogP contribution in [0.15, 0.2) is 18.2 Å². The lowest BCUT2D eigenvalue weighted by Gasteiger charge is -2.62. The molecule has 0 unspecified atom stereocenters. The Morgan fingerprint density at radius 2 is 1.00 bits per heavy atom. The Kier molecular flexibility index (Phi) is 7.62. The number of rotatable bonds is 6. The number of hydrogen-bond acceptors (Lipinski definition) is 0. The minimum absolute atomic E-state index is 0.109. The zero-order valence-corrected chi connectivity index (χ0v) is 31.0. The van der Waals surface area contributed by atoms with E-state index in [0.717, 1.165) is 58.7 Å². The maximum Gasteiger partial charge on any atom is 0.0776 e. The molecule has 8 fully saturated rings. The Hall–Kier alpha value is 0.297. The third kappa shape index (κ3) is 5.54. The first-order valence-corrected chi connectivity index (χ1v) is 24.4. The topological polar surface area (TPSA) is 0 Å². The van der Waals surface area contributed by atoms with Gasteiger partial charge in [-0.2, -0.15) is 0 Å². The van der Waals surface area contributed by atoms with Crippen LogP contribution in [-0.2, 0) is 6.16 Å². The summed E-state index contributed by atoms with van der Waals surface area (Å²) in [7, 11) is -1.64. The van der Waals surface area contributed by atoms with Crippen molar-refractivity contribution in [3.63, 3.8) is 0 Å². The van der Waals surface area contributed by atoms with Gasteiger partial charge < -0.3 is 0 Å². The molecule has 3 heteroatoms. The highest BCUT2D eigenvalue weighted by Crippen LogP contribution is 2.71. The van der Waals surface area contributed by atoms with Crippen molar-refractivity contribution in [3.05, 3.63) is 23.8 Å². The van der Waals surface area contributed by atoms with Crippen molar-refractivity contribution in [1.29, 1.82) is 0 Å². The van der Waals surface area contributed by atoms with Gasteiger partial charge in [-0.1, -0.05) is 100 Å². The molecular formula is C38H62P2Si. The smallest absolute Gasteiger partial charge is 0.0776 e. The summed E-state index contributed by atoms with van der Waals surface area (Å²) in [4.78, 5) is 0. The van der Waals surface area contributed by atoms with Crippen LogP contribution in [-0.4, -0.2) is 29.7 Å². The van der Waals surface area contributed by atoms with E-state index in [1.807, 2.05) is 10.9 Å². The van der Waals surface area contributed by atoms with E-state index >= 15 is 0 Å². The Morgan fingerprint density at radius 1 is 0.610 bits per heavy atom. The molecule has 0 nitrogen and oxygen atoms in total. The van der Waals surface area contributed by atoms with E-state index in [1.54, 1.807) is 69.4 Å². The zero-order chi connectivity index (χ0) is 29.1. The van der Waals surface area contributed by atoms with Gasteiger partial charge in [-0.15, -0.1) is 0 Å². The van der Waals surface area contributed by atoms with Gasteiger partial charge >= 0.3 is 0 Å². The van der Waals surface area contributed by atoms with E-state index in [1.165, 1.54) is 6.16 Å². The Bertz CT molecular complexity index is 1020. The molecule has 0 amide bonds. The molecule has 1 aromatic carbocycles. The van der Waals surface area contributed by atoms with Gasteiger partial charge in [0.1, 0.15) is 0 Å². The molecule has 0 atom stereocenters. The first-order valence-electron chi connectivity index (χ1n) is 17.8. The molecule has 8 aliphatic carbocycles. The van der Waals surface area contributed by atoms with Crippen LogP contribution in [0.3, 0.4) is 0 Å². The summed E-state index contributed by atoms with van der Waals surface area (Å²) in [5.74, 6) is 8.60. The normalized spacial score (nSPS) is 40.5. The lowest BCUT2D eigenvalue weighted by molar-refractivity contribution is 0.0136. The van der Waals surface area contributed by atoms with Crippen molar-refractivity contribution in [1.82, 2.24) is 0 Å². The Labute approximate surface area is 257 Å². The van der Waals surface area contributed by atoms with E-state index in [2.05, 4.69) is 79.4 Å². The molecule has 9 rings (SSSR count). The van der Waals surface area contributed by atoms with Gasteiger partial charge in [-0.05, 0) is 150 Å². The molecule has 0 N–H and O–H groups in total. The van der Waals surface area contributed by atoms with Crippen LogP contribution in [0.2, 0.25) is 19.6 Å². The lowest BCUT2D eigenvalue weighted by atomic mass is 9.55. The highest BCUT2D eigenvalue weighted by Gasteiger charge is 2.57. The van der Waals surface area contributed by atoms with E-state index in [4.69, 9.17) is 0 Å². The summed E-state index contributed by atoms with van der Waals surface area (Å²) in [6, 6.07) is 8.30. The summed E-state index contributed by atoms with van der Waals surface area (Å²) >= 11 is 0. The molecule has 0 aromatic heterocycles. The molecule has 41 heavy (non-hydrogen) atoms. The highest BCUT2D eigenvalue weighted by atomic mass is 31.1. The fraction of sp³-hybridized carbons (Fsp3) is 0.842. The van der Waals surface area contributed by atoms with E-state index in [-0.39, 0.29) is 15.8 Å². The quantitative estimate of drug-likeness (QED) is 0.223.